The maximum absolute atomic E-state index is 12.4. The summed E-state index contributed by atoms with van der Waals surface area (Å²) in [5.41, 5.74) is 0.338. The van der Waals surface area contributed by atoms with Crippen LogP contribution < -0.4 is 5.32 Å². The second kappa shape index (κ2) is 5.06. The fraction of sp³-hybridized carbons (Fsp3) is 0.412. The number of anilines is 1. The Kier molecular flexibility index (Phi) is 3.32. The molecule has 0 radical (unpaired) electrons. The monoisotopic (exact) mass is 297 g/mol. The number of rotatable bonds is 3. The van der Waals surface area contributed by atoms with Crippen LogP contribution in [0.1, 0.15) is 44.4 Å². The Morgan fingerprint density at radius 2 is 2.27 bits per heavy atom. The minimum absolute atomic E-state index is 0.0190. The van der Waals surface area contributed by atoms with Crippen LogP contribution in [0.3, 0.4) is 0 Å². The Hall–Kier alpha value is -2.48. The Morgan fingerprint density at radius 1 is 1.50 bits per heavy atom. The van der Waals surface area contributed by atoms with Gasteiger partial charge in [-0.2, -0.15) is 5.26 Å². The van der Waals surface area contributed by atoms with Crippen LogP contribution in [-0.4, -0.2) is 10.5 Å². The molecule has 2 heterocycles. The van der Waals surface area contributed by atoms with Gasteiger partial charge in [-0.15, -0.1) is 0 Å². The molecule has 1 N–H and O–H groups in total. The average molecular weight is 297 g/mol. The maximum atomic E-state index is 12.4. The number of nitriles is 1. The Morgan fingerprint density at radius 3 is 2.86 bits per heavy atom. The summed E-state index contributed by atoms with van der Waals surface area (Å²) in [6.07, 6.45) is 4.21. The minimum Gasteiger partial charge on any atom is -0.469 e. The van der Waals surface area contributed by atoms with Gasteiger partial charge in [0.25, 0.3) is 0 Å². The molecular weight excluding hydrogens is 278 g/mol. The van der Waals surface area contributed by atoms with Gasteiger partial charge < -0.3 is 14.3 Å². The molecule has 2 aromatic heterocycles. The number of nitrogens with zero attached hydrogens (tertiary/aromatic N) is 2. The summed E-state index contributed by atoms with van der Waals surface area (Å²) in [6.45, 7) is 6.10. The molecule has 5 heteroatoms. The first-order valence-electron chi connectivity index (χ1n) is 7.37. The molecule has 114 valence electrons. The fourth-order valence-electron chi connectivity index (χ4n) is 2.70. The summed E-state index contributed by atoms with van der Waals surface area (Å²) < 4.78 is 7.28. The van der Waals surface area contributed by atoms with E-state index in [1.54, 1.807) is 18.5 Å². The van der Waals surface area contributed by atoms with E-state index in [0.29, 0.717) is 11.4 Å². The van der Waals surface area contributed by atoms with Gasteiger partial charge in [0, 0.05) is 23.6 Å². The van der Waals surface area contributed by atoms with Crippen LogP contribution >= 0.6 is 0 Å². The molecule has 1 aliphatic carbocycles. The third-order valence-electron chi connectivity index (χ3n) is 3.96. The molecule has 3 rings (SSSR count). The van der Waals surface area contributed by atoms with E-state index in [2.05, 4.69) is 11.4 Å². The largest absolute Gasteiger partial charge is 0.469 e. The van der Waals surface area contributed by atoms with Gasteiger partial charge in [0.05, 0.1) is 11.8 Å². The van der Waals surface area contributed by atoms with Crippen molar-refractivity contribution in [1.82, 2.24) is 4.57 Å². The number of amides is 1. The topological polar surface area (TPSA) is 71.0 Å². The van der Waals surface area contributed by atoms with Crippen molar-refractivity contribution in [3.05, 3.63) is 42.0 Å². The van der Waals surface area contributed by atoms with Crippen LogP contribution in [-0.2, 0) is 10.3 Å². The van der Waals surface area contributed by atoms with Crippen LogP contribution in [0.2, 0.25) is 0 Å². The molecule has 0 bridgehead atoms. The highest BCUT2D eigenvalue weighted by molar-refractivity contribution is 5.94. The Labute approximate surface area is 129 Å². The molecule has 0 aromatic carbocycles. The molecule has 2 atom stereocenters. The summed E-state index contributed by atoms with van der Waals surface area (Å²) in [5, 5.41) is 12.0. The number of carbonyl (C=O) groups excluding carboxylic acids is 1. The summed E-state index contributed by atoms with van der Waals surface area (Å²) in [6, 6.07) is 7.58. The first-order valence-corrected chi connectivity index (χ1v) is 7.37. The van der Waals surface area contributed by atoms with Crippen molar-refractivity contribution < 1.29 is 9.21 Å². The molecule has 0 saturated heterocycles. The lowest BCUT2D eigenvalue weighted by Gasteiger charge is -2.24. The van der Waals surface area contributed by atoms with E-state index >= 15 is 0 Å². The van der Waals surface area contributed by atoms with E-state index in [9.17, 15) is 4.79 Å². The molecule has 0 unspecified atom stereocenters. The third kappa shape index (κ3) is 2.64. The lowest BCUT2D eigenvalue weighted by molar-refractivity contribution is -0.117. The third-order valence-corrected chi connectivity index (χ3v) is 3.96. The Bertz CT molecular complexity index is 729. The van der Waals surface area contributed by atoms with Crippen molar-refractivity contribution in [2.45, 2.75) is 38.6 Å². The van der Waals surface area contributed by atoms with E-state index in [1.807, 2.05) is 37.5 Å². The molecule has 1 fully saturated rings. The first kappa shape index (κ1) is 14.5. The van der Waals surface area contributed by atoms with Crippen LogP contribution in [0.15, 0.2) is 35.1 Å². The molecule has 0 spiro atoms. The zero-order valence-electron chi connectivity index (χ0n) is 13.0. The average Bonchev–Trinajstić information content (AvgIpc) is 2.88. The predicted molar refractivity (Wildman–Crippen MR) is 82.3 cm³/mol. The molecular formula is C17H19N3O2. The lowest BCUT2D eigenvalue weighted by Crippen LogP contribution is -2.25. The van der Waals surface area contributed by atoms with Crippen molar-refractivity contribution in [2.75, 3.05) is 5.32 Å². The highest BCUT2D eigenvalue weighted by Gasteiger charge is 2.46. The van der Waals surface area contributed by atoms with Crippen LogP contribution in [0, 0.1) is 17.2 Å². The fourth-order valence-corrected chi connectivity index (χ4v) is 2.70. The lowest BCUT2D eigenvalue weighted by atomic mass is 10.1. The summed E-state index contributed by atoms with van der Waals surface area (Å²) >= 11 is 0. The second-order valence-corrected chi connectivity index (χ2v) is 6.72. The molecule has 22 heavy (non-hydrogen) atoms. The molecule has 2 aromatic rings. The van der Waals surface area contributed by atoms with Crippen molar-refractivity contribution in [3.63, 3.8) is 0 Å². The summed E-state index contributed by atoms with van der Waals surface area (Å²) in [5.74, 6) is 1.63. The van der Waals surface area contributed by atoms with Crippen molar-refractivity contribution in [2.24, 2.45) is 5.92 Å². The normalized spacial score (nSPS) is 20.5. The van der Waals surface area contributed by atoms with Gasteiger partial charge in [0.15, 0.2) is 0 Å². The van der Waals surface area contributed by atoms with Crippen molar-refractivity contribution in [3.8, 4) is 6.07 Å². The quantitative estimate of drug-likeness (QED) is 0.943. The SMILES string of the molecule is CC(C)(C)n1cc(C#N)cc1NC(=O)[C@H]1C[C@H]1c1ccco1. The smallest absolute Gasteiger partial charge is 0.229 e. The highest BCUT2D eigenvalue weighted by Crippen LogP contribution is 2.48. The number of nitrogens with one attached hydrogen (secondary N) is 1. The molecule has 1 saturated carbocycles. The van der Waals surface area contributed by atoms with Gasteiger partial charge in [0.1, 0.15) is 17.6 Å². The second-order valence-electron chi connectivity index (χ2n) is 6.72. The molecule has 0 aliphatic heterocycles. The van der Waals surface area contributed by atoms with E-state index in [-0.39, 0.29) is 23.3 Å². The van der Waals surface area contributed by atoms with E-state index < -0.39 is 0 Å². The van der Waals surface area contributed by atoms with Crippen molar-refractivity contribution in [1.29, 1.82) is 5.26 Å². The minimum atomic E-state index is -0.207. The van der Waals surface area contributed by atoms with E-state index in [1.165, 1.54) is 0 Å². The first-order chi connectivity index (χ1) is 10.4. The molecule has 1 aliphatic rings. The number of furan rings is 1. The van der Waals surface area contributed by atoms with Crippen LogP contribution in [0.4, 0.5) is 5.82 Å². The van der Waals surface area contributed by atoms with Gasteiger partial charge in [-0.3, -0.25) is 4.79 Å². The highest BCUT2D eigenvalue weighted by atomic mass is 16.3. The molecule has 1 amide bonds. The molecule has 5 nitrogen and oxygen atoms in total. The van der Waals surface area contributed by atoms with Gasteiger partial charge in [-0.05, 0) is 45.4 Å². The van der Waals surface area contributed by atoms with E-state index in [4.69, 9.17) is 9.68 Å². The maximum Gasteiger partial charge on any atom is 0.229 e. The van der Waals surface area contributed by atoms with Crippen molar-refractivity contribution >= 4 is 11.7 Å². The standard InChI is InChI=1S/C17H19N3O2/c1-17(2,3)20-10-11(9-18)7-15(20)19-16(21)13-8-12(13)14-5-4-6-22-14/h4-7,10,12-13H,8H2,1-3H3,(H,19,21)/t12-,13+/m1/s1. The zero-order valence-corrected chi connectivity index (χ0v) is 13.0. The number of hydrogen-bond acceptors (Lipinski definition) is 3. The predicted octanol–water partition coefficient (Wildman–Crippen LogP) is 3.45. The van der Waals surface area contributed by atoms with Gasteiger partial charge in [0.2, 0.25) is 5.91 Å². The van der Waals surface area contributed by atoms with Gasteiger partial charge in [-0.25, -0.2) is 0 Å². The number of hydrogen-bond donors (Lipinski definition) is 1. The van der Waals surface area contributed by atoms with Gasteiger partial charge in [-0.1, -0.05) is 0 Å². The summed E-state index contributed by atoms with van der Waals surface area (Å²) in [4.78, 5) is 12.4. The zero-order chi connectivity index (χ0) is 15.9. The number of aromatic nitrogens is 1. The number of carbonyl (C=O) groups is 1. The van der Waals surface area contributed by atoms with Gasteiger partial charge >= 0.3 is 0 Å². The van der Waals surface area contributed by atoms with Crippen LogP contribution in [0.5, 0.6) is 0 Å². The summed E-state index contributed by atoms with van der Waals surface area (Å²) in [7, 11) is 0. The Balaban J connectivity index is 1.75. The van der Waals surface area contributed by atoms with E-state index in [0.717, 1.165) is 12.2 Å². The van der Waals surface area contributed by atoms with Crippen LogP contribution in [0.25, 0.3) is 0 Å².